The predicted octanol–water partition coefficient (Wildman–Crippen LogP) is 10.6. The van der Waals surface area contributed by atoms with Gasteiger partial charge in [0, 0.05) is 23.2 Å². The molecule has 7 heteroatoms. The molecule has 1 N–H and O–H groups in total. The molecule has 0 spiro atoms. The van der Waals surface area contributed by atoms with Crippen molar-refractivity contribution in [3.63, 3.8) is 0 Å². The number of rotatable bonds is 22. The summed E-state index contributed by atoms with van der Waals surface area (Å²) in [5, 5.41) is 11.3. The number of aliphatic hydroxyl groups is 1. The molecule has 4 aromatic rings. The summed E-state index contributed by atoms with van der Waals surface area (Å²) in [7, 11) is 0. The first-order valence-electron chi connectivity index (χ1n) is 21.4. The normalized spacial score (nSPS) is 20.5. The van der Waals surface area contributed by atoms with Crippen LogP contribution in [0.3, 0.4) is 0 Å². The maximum absolute atomic E-state index is 11.3. The van der Waals surface area contributed by atoms with E-state index in [1.165, 1.54) is 35.1 Å². The summed E-state index contributed by atoms with van der Waals surface area (Å²) in [6.07, 6.45) is 6.22. The van der Waals surface area contributed by atoms with E-state index in [-0.39, 0.29) is 35.2 Å². The third-order valence-corrected chi connectivity index (χ3v) is 12.9. The number of hydrogen-bond donors (Lipinski definition) is 1. The molecule has 3 aliphatic rings. The maximum Gasteiger partial charge on any atom is 0.140 e. The Balaban J connectivity index is 0.928. The van der Waals surface area contributed by atoms with Gasteiger partial charge in [0.2, 0.25) is 0 Å². The zero-order valence-corrected chi connectivity index (χ0v) is 35.2. The molecular formula is C50H64O7. The number of ether oxygens (including phenoxy) is 6. The van der Waals surface area contributed by atoms with Crippen molar-refractivity contribution in [3.05, 3.63) is 119 Å². The van der Waals surface area contributed by atoms with E-state index >= 15 is 0 Å². The van der Waals surface area contributed by atoms with Crippen LogP contribution in [0.5, 0.6) is 23.0 Å². The lowest BCUT2D eigenvalue weighted by Crippen LogP contribution is -2.43. The second-order valence-corrected chi connectivity index (χ2v) is 17.7. The number of aliphatic hydroxyl groups excluding tert-OH is 1. The molecule has 0 amide bonds. The summed E-state index contributed by atoms with van der Waals surface area (Å²) in [6, 6.07) is 33.7. The summed E-state index contributed by atoms with van der Waals surface area (Å²) in [5.74, 6) is 3.92. The summed E-state index contributed by atoms with van der Waals surface area (Å²) in [6.45, 7) is 17.9. The summed E-state index contributed by atoms with van der Waals surface area (Å²) >= 11 is 0. The van der Waals surface area contributed by atoms with Crippen molar-refractivity contribution in [2.24, 2.45) is 5.92 Å². The minimum atomic E-state index is -0.687. The molecule has 2 saturated heterocycles. The van der Waals surface area contributed by atoms with Gasteiger partial charge in [-0.2, -0.15) is 0 Å². The maximum atomic E-state index is 11.3. The van der Waals surface area contributed by atoms with Gasteiger partial charge in [0.1, 0.15) is 59.6 Å². The SMILES string of the molecule is CCCC(CC)(CC(O)COc1ccc(C(C)(C)c2ccc(OC(CC)(C3CC3)C3CO3)cc2)cc1)Oc1ccc(C(C)(C)c2ccc(OCC3CO3)cc2)cc1. The van der Waals surface area contributed by atoms with Gasteiger partial charge in [0.05, 0.1) is 19.3 Å². The molecule has 7 nitrogen and oxygen atoms in total. The molecule has 5 unspecified atom stereocenters. The smallest absolute Gasteiger partial charge is 0.140 e. The number of epoxide rings is 2. The van der Waals surface area contributed by atoms with Gasteiger partial charge in [-0.3, -0.25) is 0 Å². The van der Waals surface area contributed by atoms with Gasteiger partial charge in [-0.05, 0) is 103 Å². The van der Waals surface area contributed by atoms with E-state index in [0.29, 0.717) is 18.9 Å². The van der Waals surface area contributed by atoms with Crippen LogP contribution < -0.4 is 18.9 Å². The van der Waals surface area contributed by atoms with E-state index in [1.807, 2.05) is 24.3 Å². The first kappa shape index (κ1) is 41.1. The van der Waals surface area contributed by atoms with Crippen LogP contribution in [0.2, 0.25) is 0 Å². The van der Waals surface area contributed by atoms with Crippen LogP contribution in [-0.2, 0) is 20.3 Å². The van der Waals surface area contributed by atoms with Crippen molar-refractivity contribution >= 4 is 0 Å². The number of hydrogen-bond acceptors (Lipinski definition) is 7. The largest absolute Gasteiger partial charge is 0.491 e. The molecule has 3 fully saturated rings. The minimum absolute atomic E-state index is 0.191. The van der Waals surface area contributed by atoms with Gasteiger partial charge in [0.25, 0.3) is 0 Å². The van der Waals surface area contributed by atoms with Crippen LogP contribution in [0.25, 0.3) is 0 Å². The molecule has 57 heavy (non-hydrogen) atoms. The topological polar surface area (TPSA) is 82.2 Å². The van der Waals surface area contributed by atoms with Crippen molar-refractivity contribution in [2.45, 2.75) is 134 Å². The van der Waals surface area contributed by atoms with Crippen LogP contribution in [0.1, 0.15) is 116 Å². The summed E-state index contributed by atoms with van der Waals surface area (Å²) < 4.78 is 36.5. The first-order chi connectivity index (χ1) is 27.4. The third kappa shape index (κ3) is 9.64. The van der Waals surface area contributed by atoms with Gasteiger partial charge in [-0.25, -0.2) is 0 Å². The second kappa shape index (κ2) is 17.1. The lowest BCUT2D eigenvalue weighted by molar-refractivity contribution is -0.0132. The van der Waals surface area contributed by atoms with Crippen molar-refractivity contribution in [1.29, 1.82) is 0 Å². The van der Waals surface area contributed by atoms with Gasteiger partial charge < -0.3 is 33.5 Å². The van der Waals surface area contributed by atoms with Crippen molar-refractivity contribution in [2.75, 3.05) is 26.4 Å². The van der Waals surface area contributed by atoms with Gasteiger partial charge in [-0.1, -0.05) is 103 Å². The first-order valence-corrected chi connectivity index (χ1v) is 21.4. The molecule has 2 aliphatic heterocycles. The van der Waals surface area contributed by atoms with Crippen molar-refractivity contribution < 1.29 is 33.5 Å². The zero-order valence-electron chi connectivity index (χ0n) is 35.2. The standard InChI is InChI=1S/C50H64O7/c1-8-29-49(9-2,56-43-25-17-37(18-26-43)47(4,5)36-15-23-42(24-16-36)53-32-45-33-54-45)30-40(51)31-52-41-21-13-35(14-22-41)48(6,7)38-19-27-44(28-20-38)57-50(10-3,39-11-12-39)46-34-55-46/h13-28,39-40,45-46,51H,8-12,29-34H2,1-7H3. The van der Waals surface area contributed by atoms with E-state index in [1.54, 1.807) is 0 Å². The molecule has 0 radical (unpaired) electrons. The fourth-order valence-corrected chi connectivity index (χ4v) is 8.60. The molecule has 1 aliphatic carbocycles. The molecule has 2 heterocycles. The average molecular weight is 777 g/mol. The van der Waals surface area contributed by atoms with Gasteiger partial charge >= 0.3 is 0 Å². The summed E-state index contributed by atoms with van der Waals surface area (Å²) in [4.78, 5) is 0. The van der Waals surface area contributed by atoms with E-state index in [0.717, 1.165) is 61.9 Å². The highest BCUT2D eigenvalue weighted by Gasteiger charge is 2.57. The second-order valence-electron chi connectivity index (χ2n) is 17.7. The Labute approximate surface area is 341 Å². The average Bonchev–Trinajstić information content (AvgIpc) is 4.05. The summed E-state index contributed by atoms with van der Waals surface area (Å²) in [5.41, 5.74) is 3.70. The monoisotopic (exact) mass is 776 g/mol. The van der Waals surface area contributed by atoms with Crippen LogP contribution in [-0.4, -0.2) is 61.0 Å². The van der Waals surface area contributed by atoms with Gasteiger partial charge in [-0.15, -0.1) is 0 Å². The van der Waals surface area contributed by atoms with Crippen LogP contribution in [0.4, 0.5) is 0 Å². The Morgan fingerprint density at radius 2 is 1.07 bits per heavy atom. The fraction of sp³-hybridized carbons (Fsp3) is 0.520. The molecule has 5 atom stereocenters. The fourth-order valence-electron chi connectivity index (χ4n) is 8.60. The number of benzene rings is 4. The lowest BCUT2D eigenvalue weighted by Gasteiger charge is -2.35. The van der Waals surface area contributed by atoms with E-state index in [4.69, 9.17) is 28.4 Å². The zero-order chi connectivity index (χ0) is 40.3. The quantitative estimate of drug-likeness (QED) is 0.0796. The highest BCUT2D eigenvalue weighted by molar-refractivity contribution is 5.43. The molecule has 0 aromatic heterocycles. The predicted molar refractivity (Wildman–Crippen MR) is 226 cm³/mol. The Morgan fingerprint density at radius 3 is 1.47 bits per heavy atom. The van der Waals surface area contributed by atoms with Crippen molar-refractivity contribution in [3.8, 4) is 23.0 Å². The molecule has 0 bridgehead atoms. The minimum Gasteiger partial charge on any atom is -0.491 e. The van der Waals surface area contributed by atoms with E-state index in [2.05, 4.69) is 121 Å². The van der Waals surface area contributed by atoms with Crippen LogP contribution in [0.15, 0.2) is 97.1 Å². The Hall–Kier alpha value is -4.04. The third-order valence-electron chi connectivity index (χ3n) is 12.9. The molecule has 306 valence electrons. The van der Waals surface area contributed by atoms with Crippen LogP contribution >= 0.6 is 0 Å². The van der Waals surface area contributed by atoms with E-state index in [9.17, 15) is 5.11 Å². The molecule has 1 saturated carbocycles. The molecular weight excluding hydrogens is 713 g/mol. The van der Waals surface area contributed by atoms with Crippen LogP contribution in [0, 0.1) is 5.92 Å². The molecule has 4 aromatic carbocycles. The lowest BCUT2D eigenvalue weighted by atomic mass is 9.78. The van der Waals surface area contributed by atoms with E-state index < -0.39 is 11.7 Å². The van der Waals surface area contributed by atoms with Crippen molar-refractivity contribution in [1.82, 2.24) is 0 Å². The Bertz CT molecular complexity index is 1860. The molecule has 7 rings (SSSR count). The highest BCUT2D eigenvalue weighted by atomic mass is 16.6. The highest BCUT2D eigenvalue weighted by Crippen LogP contribution is 2.50. The Kier molecular flexibility index (Phi) is 12.3. The van der Waals surface area contributed by atoms with Gasteiger partial charge in [0.15, 0.2) is 0 Å². The Morgan fingerprint density at radius 1 is 0.614 bits per heavy atom.